The standard InChI is InChI=1S/C10H13N3O/c1-7-9(2-4-11)10(14-13-7)8-3-5-12-6-8/h3,5-6,12H,2,4,11H2,1H3. The third-order valence-corrected chi connectivity index (χ3v) is 2.24. The predicted molar refractivity (Wildman–Crippen MR) is 53.8 cm³/mol. The molecule has 2 aromatic rings. The summed E-state index contributed by atoms with van der Waals surface area (Å²) in [7, 11) is 0. The molecule has 14 heavy (non-hydrogen) atoms. The summed E-state index contributed by atoms with van der Waals surface area (Å²) >= 11 is 0. The molecule has 3 N–H and O–H groups in total. The van der Waals surface area contributed by atoms with Crippen LogP contribution in [0.5, 0.6) is 0 Å². The Morgan fingerprint density at radius 3 is 3.07 bits per heavy atom. The summed E-state index contributed by atoms with van der Waals surface area (Å²) in [5, 5.41) is 3.95. The summed E-state index contributed by atoms with van der Waals surface area (Å²) < 4.78 is 5.27. The van der Waals surface area contributed by atoms with Crippen molar-refractivity contribution in [2.24, 2.45) is 5.73 Å². The van der Waals surface area contributed by atoms with Gasteiger partial charge in [-0.1, -0.05) is 5.16 Å². The molecule has 0 bridgehead atoms. The fourth-order valence-corrected chi connectivity index (χ4v) is 1.52. The second kappa shape index (κ2) is 3.67. The van der Waals surface area contributed by atoms with Gasteiger partial charge in [-0.2, -0.15) is 0 Å². The molecule has 0 atom stereocenters. The van der Waals surface area contributed by atoms with Crippen LogP contribution >= 0.6 is 0 Å². The van der Waals surface area contributed by atoms with Crippen molar-refractivity contribution in [2.45, 2.75) is 13.3 Å². The van der Waals surface area contributed by atoms with Crippen molar-refractivity contribution in [3.05, 3.63) is 29.7 Å². The van der Waals surface area contributed by atoms with Gasteiger partial charge in [0.2, 0.25) is 0 Å². The number of nitrogens with two attached hydrogens (primary N) is 1. The second-order valence-electron chi connectivity index (χ2n) is 3.21. The van der Waals surface area contributed by atoms with Gasteiger partial charge in [-0.25, -0.2) is 0 Å². The first-order chi connectivity index (χ1) is 6.83. The van der Waals surface area contributed by atoms with E-state index in [-0.39, 0.29) is 0 Å². The van der Waals surface area contributed by atoms with Gasteiger partial charge in [0.25, 0.3) is 0 Å². The third-order valence-electron chi connectivity index (χ3n) is 2.24. The highest BCUT2D eigenvalue weighted by molar-refractivity contribution is 5.61. The first-order valence-corrected chi connectivity index (χ1v) is 4.61. The molecule has 0 aliphatic rings. The zero-order chi connectivity index (χ0) is 9.97. The lowest BCUT2D eigenvalue weighted by Gasteiger charge is -1.97. The van der Waals surface area contributed by atoms with E-state index in [1.165, 1.54) is 0 Å². The maximum atomic E-state index is 5.53. The molecule has 0 saturated heterocycles. The van der Waals surface area contributed by atoms with Crippen LogP contribution in [0.1, 0.15) is 11.3 Å². The largest absolute Gasteiger partial charge is 0.367 e. The van der Waals surface area contributed by atoms with Crippen LogP contribution in [0.25, 0.3) is 11.3 Å². The highest BCUT2D eigenvalue weighted by Gasteiger charge is 2.13. The van der Waals surface area contributed by atoms with Crippen molar-refractivity contribution in [3.8, 4) is 11.3 Å². The Balaban J connectivity index is 2.43. The van der Waals surface area contributed by atoms with Crippen LogP contribution in [0.3, 0.4) is 0 Å². The van der Waals surface area contributed by atoms with Crippen molar-refractivity contribution >= 4 is 0 Å². The van der Waals surface area contributed by atoms with Gasteiger partial charge in [0.1, 0.15) is 0 Å². The average Bonchev–Trinajstić information content (AvgIpc) is 2.77. The molecule has 0 saturated carbocycles. The number of aryl methyl sites for hydroxylation is 1. The van der Waals surface area contributed by atoms with Gasteiger partial charge in [-0.15, -0.1) is 0 Å². The summed E-state index contributed by atoms with van der Waals surface area (Å²) in [6.07, 6.45) is 4.55. The molecule has 0 aliphatic heterocycles. The number of aromatic nitrogens is 2. The van der Waals surface area contributed by atoms with E-state index in [4.69, 9.17) is 10.3 Å². The zero-order valence-corrected chi connectivity index (χ0v) is 8.08. The van der Waals surface area contributed by atoms with E-state index in [1.807, 2.05) is 25.4 Å². The van der Waals surface area contributed by atoms with Gasteiger partial charge in [0.15, 0.2) is 5.76 Å². The predicted octanol–water partition coefficient (Wildman–Crippen LogP) is 1.48. The maximum Gasteiger partial charge on any atom is 0.171 e. The molecule has 0 aliphatic carbocycles. The van der Waals surface area contributed by atoms with E-state index in [0.29, 0.717) is 6.54 Å². The van der Waals surface area contributed by atoms with Crippen molar-refractivity contribution in [2.75, 3.05) is 6.54 Å². The van der Waals surface area contributed by atoms with Gasteiger partial charge in [0, 0.05) is 23.5 Å². The summed E-state index contributed by atoms with van der Waals surface area (Å²) in [6, 6.07) is 1.96. The molecule has 2 rings (SSSR count). The average molecular weight is 191 g/mol. The van der Waals surface area contributed by atoms with Crippen LogP contribution in [0, 0.1) is 6.92 Å². The first kappa shape index (κ1) is 9.02. The van der Waals surface area contributed by atoms with Crippen LogP contribution in [-0.2, 0) is 6.42 Å². The first-order valence-electron chi connectivity index (χ1n) is 4.61. The summed E-state index contributed by atoms with van der Waals surface area (Å²) in [5.74, 6) is 0.828. The normalized spacial score (nSPS) is 10.7. The molecule has 2 heterocycles. The molecule has 74 valence electrons. The number of aromatic amines is 1. The van der Waals surface area contributed by atoms with Gasteiger partial charge in [0.05, 0.1) is 5.69 Å². The van der Waals surface area contributed by atoms with Crippen molar-refractivity contribution in [1.29, 1.82) is 0 Å². The Morgan fingerprint density at radius 2 is 2.43 bits per heavy atom. The maximum absolute atomic E-state index is 5.53. The lowest BCUT2D eigenvalue weighted by atomic mass is 10.1. The number of H-pyrrole nitrogens is 1. The van der Waals surface area contributed by atoms with Crippen molar-refractivity contribution < 1.29 is 4.52 Å². The Kier molecular flexibility index (Phi) is 2.37. The summed E-state index contributed by atoms with van der Waals surface area (Å²) in [4.78, 5) is 2.99. The van der Waals surface area contributed by atoms with Gasteiger partial charge in [-0.3, -0.25) is 0 Å². The molecule has 0 radical (unpaired) electrons. The number of nitrogens with zero attached hydrogens (tertiary/aromatic N) is 1. The molecule has 0 amide bonds. The van der Waals surface area contributed by atoms with E-state index in [2.05, 4.69) is 10.1 Å². The summed E-state index contributed by atoms with van der Waals surface area (Å²) in [6.45, 7) is 2.55. The van der Waals surface area contributed by atoms with Crippen LogP contribution < -0.4 is 5.73 Å². The number of hydrogen-bond donors (Lipinski definition) is 2. The van der Waals surface area contributed by atoms with E-state index in [9.17, 15) is 0 Å². The Hall–Kier alpha value is -1.55. The second-order valence-corrected chi connectivity index (χ2v) is 3.21. The molecular formula is C10H13N3O. The highest BCUT2D eigenvalue weighted by Crippen LogP contribution is 2.25. The quantitative estimate of drug-likeness (QED) is 0.772. The third kappa shape index (κ3) is 1.44. The van der Waals surface area contributed by atoms with Crippen LogP contribution in [0.15, 0.2) is 23.0 Å². The smallest absolute Gasteiger partial charge is 0.171 e. The highest BCUT2D eigenvalue weighted by atomic mass is 16.5. The van der Waals surface area contributed by atoms with E-state index in [0.717, 1.165) is 29.0 Å². The zero-order valence-electron chi connectivity index (χ0n) is 8.08. The molecule has 0 unspecified atom stereocenters. The minimum Gasteiger partial charge on any atom is -0.367 e. The summed E-state index contributed by atoms with van der Waals surface area (Å²) in [5.41, 5.74) is 8.58. The SMILES string of the molecule is Cc1noc(-c2cc[nH]c2)c1CCN. The van der Waals surface area contributed by atoms with Crippen molar-refractivity contribution in [3.63, 3.8) is 0 Å². The van der Waals surface area contributed by atoms with Gasteiger partial charge >= 0.3 is 0 Å². The molecule has 4 heteroatoms. The minimum atomic E-state index is 0.611. The lowest BCUT2D eigenvalue weighted by Crippen LogP contribution is -2.03. The molecule has 4 nitrogen and oxygen atoms in total. The van der Waals surface area contributed by atoms with E-state index in [1.54, 1.807) is 0 Å². The number of hydrogen-bond acceptors (Lipinski definition) is 3. The van der Waals surface area contributed by atoms with Gasteiger partial charge in [-0.05, 0) is 26.0 Å². The van der Waals surface area contributed by atoms with Crippen LogP contribution in [-0.4, -0.2) is 16.7 Å². The molecule has 2 aromatic heterocycles. The van der Waals surface area contributed by atoms with Crippen molar-refractivity contribution in [1.82, 2.24) is 10.1 Å². The Bertz CT molecular complexity index is 403. The number of rotatable bonds is 3. The van der Waals surface area contributed by atoms with E-state index >= 15 is 0 Å². The lowest BCUT2D eigenvalue weighted by molar-refractivity contribution is 0.426. The molecular weight excluding hydrogens is 178 g/mol. The molecule has 0 fully saturated rings. The minimum absolute atomic E-state index is 0.611. The fourth-order valence-electron chi connectivity index (χ4n) is 1.52. The fraction of sp³-hybridized carbons (Fsp3) is 0.300. The Morgan fingerprint density at radius 1 is 1.57 bits per heavy atom. The van der Waals surface area contributed by atoms with E-state index < -0.39 is 0 Å². The number of nitrogens with one attached hydrogen (secondary N) is 1. The van der Waals surface area contributed by atoms with Crippen LogP contribution in [0.4, 0.5) is 0 Å². The topological polar surface area (TPSA) is 67.8 Å². The van der Waals surface area contributed by atoms with Crippen LogP contribution in [0.2, 0.25) is 0 Å². The molecule has 0 spiro atoms. The Labute approximate surface area is 82.1 Å². The monoisotopic (exact) mass is 191 g/mol. The van der Waals surface area contributed by atoms with Gasteiger partial charge < -0.3 is 15.2 Å². The molecule has 0 aromatic carbocycles.